The second-order valence-corrected chi connectivity index (χ2v) is 6.12. The number of hydrogen-bond donors (Lipinski definition) is 4. The zero-order valence-electron chi connectivity index (χ0n) is 12.0. The van der Waals surface area contributed by atoms with Crippen molar-refractivity contribution < 1.29 is 19.3 Å². The van der Waals surface area contributed by atoms with E-state index in [0.717, 1.165) is 5.56 Å². The average Bonchev–Trinajstić information content (AvgIpc) is 2.46. The predicted molar refractivity (Wildman–Crippen MR) is 87.4 cm³/mol. The molecule has 8 nitrogen and oxygen atoms in total. The van der Waals surface area contributed by atoms with E-state index in [0.29, 0.717) is 13.0 Å². The molecule has 0 aliphatic carbocycles. The first-order valence-corrected chi connectivity index (χ1v) is 8.36. The summed E-state index contributed by atoms with van der Waals surface area (Å²) in [6, 6.07) is 13.4. The van der Waals surface area contributed by atoms with Crippen LogP contribution in [0.1, 0.15) is 5.56 Å². The number of hydrogen-bond acceptors (Lipinski definition) is 4. The van der Waals surface area contributed by atoms with Crippen LogP contribution in [-0.2, 0) is 11.0 Å². The molecule has 4 N–H and O–H groups in total. The van der Waals surface area contributed by atoms with Gasteiger partial charge < -0.3 is 15.1 Å². The molecule has 2 aromatic carbocycles. The van der Waals surface area contributed by atoms with E-state index >= 15 is 0 Å². The quantitative estimate of drug-likeness (QED) is 0.348. The largest absolute Gasteiger partial charge is 0.427 e. The highest BCUT2D eigenvalue weighted by Crippen LogP contribution is 2.37. The summed E-state index contributed by atoms with van der Waals surface area (Å²) in [5.74, 6) is 0. The molecule has 9 heteroatoms. The molecule has 2 rings (SSSR count). The molecule has 0 amide bonds. The summed E-state index contributed by atoms with van der Waals surface area (Å²) in [4.78, 5) is 28.3. The molecule has 0 aliphatic heterocycles. The van der Waals surface area contributed by atoms with Crippen molar-refractivity contribution in [3.8, 4) is 0 Å². The minimum atomic E-state index is -4.47. The minimum absolute atomic E-state index is 0.103. The fourth-order valence-electron chi connectivity index (χ4n) is 2.06. The Labute approximate surface area is 132 Å². The number of anilines is 2. The second kappa shape index (κ2) is 7.23. The first kappa shape index (κ1) is 17.0. The van der Waals surface area contributed by atoms with Crippen LogP contribution in [0.3, 0.4) is 0 Å². The summed E-state index contributed by atoms with van der Waals surface area (Å²) in [5.41, 5.74) is 1.22. The molecule has 2 aromatic rings. The van der Waals surface area contributed by atoms with Gasteiger partial charge in [-0.25, -0.2) is 4.57 Å². The lowest BCUT2D eigenvalue weighted by molar-refractivity contribution is -0.383. The number of nitrogens with zero attached hydrogens (tertiary/aromatic N) is 1. The Bertz CT molecular complexity index is 732. The summed E-state index contributed by atoms with van der Waals surface area (Å²) >= 11 is 0. The van der Waals surface area contributed by atoms with Crippen molar-refractivity contribution in [2.45, 2.75) is 6.42 Å². The third kappa shape index (κ3) is 5.37. The third-order valence-corrected chi connectivity index (χ3v) is 3.59. The van der Waals surface area contributed by atoms with Crippen LogP contribution in [0.25, 0.3) is 0 Å². The summed E-state index contributed by atoms with van der Waals surface area (Å²) < 4.78 is 11.0. The molecule has 0 atom stereocenters. The van der Waals surface area contributed by atoms with Gasteiger partial charge in [-0.15, -0.1) is 0 Å². The van der Waals surface area contributed by atoms with Gasteiger partial charge in [0.1, 0.15) is 5.69 Å². The van der Waals surface area contributed by atoms with E-state index in [2.05, 4.69) is 5.32 Å². The number of nitrogens with one attached hydrogen (secondary N) is 2. The van der Waals surface area contributed by atoms with Crippen LogP contribution >= 0.6 is 7.75 Å². The molecule has 0 aromatic heterocycles. The molecule has 23 heavy (non-hydrogen) atoms. The second-order valence-electron chi connectivity index (χ2n) is 4.81. The van der Waals surface area contributed by atoms with Crippen LogP contribution in [-0.4, -0.2) is 21.3 Å². The lowest BCUT2D eigenvalue weighted by Gasteiger charge is -2.11. The molecule has 0 unspecified atom stereocenters. The van der Waals surface area contributed by atoms with Crippen molar-refractivity contribution in [3.63, 3.8) is 0 Å². The van der Waals surface area contributed by atoms with Crippen molar-refractivity contribution in [1.29, 1.82) is 0 Å². The van der Waals surface area contributed by atoms with Crippen molar-refractivity contribution >= 4 is 24.8 Å². The van der Waals surface area contributed by atoms with Crippen LogP contribution in [0, 0.1) is 10.1 Å². The Morgan fingerprint density at radius 2 is 1.83 bits per heavy atom. The van der Waals surface area contributed by atoms with E-state index in [-0.39, 0.29) is 17.1 Å². The van der Waals surface area contributed by atoms with E-state index in [9.17, 15) is 14.7 Å². The number of nitro groups is 1. The summed E-state index contributed by atoms with van der Waals surface area (Å²) in [5, 5.41) is 16.0. The Morgan fingerprint density at radius 3 is 2.43 bits per heavy atom. The molecule has 0 bridgehead atoms. The van der Waals surface area contributed by atoms with Crippen molar-refractivity contribution in [2.75, 3.05) is 16.9 Å². The number of rotatable bonds is 7. The highest BCUT2D eigenvalue weighted by molar-refractivity contribution is 7.53. The SMILES string of the molecule is O=[N+]([O-])c1ccc(NP(=O)(O)O)cc1NCCc1ccccc1. The Balaban J connectivity index is 2.12. The van der Waals surface area contributed by atoms with Crippen molar-refractivity contribution in [1.82, 2.24) is 0 Å². The van der Waals surface area contributed by atoms with Gasteiger partial charge in [0.15, 0.2) is 0 Å². The van der Waals surface area contributed by atoms with Gasteiger partial charge in [0.25, 0.3) is 5.69 Å². The molecule has 122 valence electrons. The molecule has 0 heterocycles. The number of benzene rings is 2. The lowest BCUT2D eigenvalue weighted by atomic mass is 10.1. The third-order valence-electron chi connectivity index (χ3n) is 3.04. The van der Waals surface area contributed by atoms with Gasteiger partial charge in [-0.3, -0.25) is 15.2 Å². The molecule has 0 radical (unpaired) electrons. The maximum atomic E-state index is 11.0. The van der Waals surface area contributed by atoms with Crippen LogP contribution in [0.2, 0.25) is 0 Å². The first-order chi connectivity index (χ1) is 10.8. The van der Waals surface area contributed by atoms with Gasteiger partial charge in [-0.1, -0.05) is 30.3 Å². The average molecular weight is 337 g/mol. The first-order valence-electron chi connectivity index (χ1n) is 6.75. The number of nitro benzene ring substituents is 1. The Morgan fingerprint density at radius 1 is 1.13 bits per heavy atom. The van der Waals surface area contributed by atoms with Gasteiger partial charge in [0.2, 0.25) is 0 Å². The topological polar surface area (TPSA) is 125 Å². The normalized spacial score (nSPS) is 11.0. The van der Waals surface area contributed by atoms with Gasteiger partial charge in [0, 0.05) is 18.3 Å². The van der Waals surface area contributed by atoms with Gasteiger partial charge in [-0.05, 0) is 24.1 Å². The van der Waals surface area contributed by atoms with Crippen LogP contribution in [0.4, 0.5) is 17.1 Å². The lowest BCUT2D eigenvalue weighted by Crippen LogP contribution is -2.07. The van der Waals surface area contributed by atoms with E-state index in [1.807, 2.05) is 35.4 Å². The highest BCUT2D eigenvalue weighted by atomic mass is 31.2. The van der Waals surface area contributed by atoms with Crippen LogP contribution < -0.4 is 10.4 Å². The van der Waals surface area contributed by atoms with Crippen LogP contribution in [0.5, 0.6) is 0 Å². The maximum Gasteiger partial charge on any atom is 0.427 e. The highest BCUT2D eigenvalue weighted by Gasteiger charge is 2.17. The van der Waals surface area contributed by atoms with Gasteiger partial charge >= 0.3 is 7.75 Å². The molecular formula is C14H16N3O5P. The van der Waals surface area contributed by atoms with Crippen LogP contribution in [0.15, 0.2) is 48.5 Å². The summed E-state index contributed by atoms with van der Waals surface area (Å²) in [6.45, 7) is 0.449. The zero-order chi connectivity index (χ0) is 16.9. The molecule has 0 saturated heterocycles. The molecular weight excluding hydrogens is 321 g/mol. The standard InChI is InChI=1S/C14H16N3O5P/c18-17(19)14-7-6-12(16-23(20,21)22)10-13(14)15-9-8-11-4-2-1-3-5-11/h1-7,10,15H,8-9H2,(H3,16,20,21,22). The molecule has 0 saturated carbocycles. The van der Waals surface area contributed by atoms with E-state index < -0.39 is 12.7 Å². The fourth-order valence-corrected chi connectivity index (χ4v) is 2.54. The zero-order valence-corrected chi connectivity index (χ0v) is 12.9. The fraction of sp³-hybridized carbons (Fsp3) is 0.143. The van der Waals surface area contributed by atoms with Crippen molar-refractivity contribution in [2.24, 2.45) is 0 Å². The monoisotopic (exact) mass is 337 g/mol. The van der Waals surface area contributed by atoms with Gasteiger partial charge in [0.05, 0.1) is 4.92 Å². The molecule has 0 aliphatic rings. The maximum absolute atomic E-state index is 11.0. The summed E-state index contributed by atoms with van der Waals surface area (Å²) in [7, 11) is -4.47. The predicted octanol–water partition coefficient (Wildman–Crippen LogP) is 2.75. The Kier molecular flexibility index (Phi) is 5.33. The smallest absolute Gasteiger partial charge is 0.379 e. The minimum Gasteiger partial charge on any atom is -0.379 e. The van der Waals surface area contributed by atoms with E-state index in [4.69, 9.17) is 9.79 Å². The van der Waals surface area contributed by atoms with Gasteiger partial charge in [-0.2, -0.15) is 0 Å². The van der Waals surface area contributed by atoms with Crippen molar-refractivity contribution in [3.05, 3.63) is 64.2 Å². The Hall–Kier alpha value is -2.41. The van der Waals surface area contributed by atoms with E-state index in [1.54, 1.807) is 0 Å². The molecule has 0 fully saturated rings. The summed E-state index contributed by atoms with van der Waals surface area (Å²) in [6.07, 6.45) is 0.661. The van der Waals surface area contributed by atoms with E-state index in [1.165, 1.54) is 18.2 Å². The molecule has 0 spiro atoms.